The molecule has 88 valence electrons. The van der Waals surface area contributed by atoms with Gasteiger partial charge in [0, 0.05) is 12.4 Å². The van der Waals surface area contributed by atoms with Gasteiger partial charge in [0.2, 0.25) is 5.95 Å². The zero-order valence-electron chi connectivity index (χ0n) is 9.75. The van der Waals surface area contributed by atoms with Crippen LogP contribution in [0, 0.1) is 0 Å². The van der Waals surface area contributed by atoms with Gasteiger partial charge in [-0.25, -0.2) is 4.98 Å². The summed E-state index contributed by atoms with van der Waals surface area (Å²) in [6.45, 7) is 4.17. The number of phenolic OH excluding ortho intramolecular Hbond substituents is 1. The number of aromatic hydroxyl groups is 1. The van der Waals surface area contributed by atoms with Gasteiger partial charge in [0.1, 0.15) is 11.4 Å². The molecule has 0 saturated carbocycles. The van der Waals surface area contributed by atoms with E-state index >= 15 is 0 Å². The zero-order chi connectivity index (χ0) is 12.3. The van der Waals surface area contributed by atoms with Crippen LogP contribution in [0.25, 0.3) is 0 Å². The molecule has 0 spiro atoms. The van der Waals surface area contributed by atoms with E-state index in [-0.39, 0.29) is 5.75 Å². The van der Waals surface area contributed by atoms with Gasteiger partial charge in [-0.05, 0) is 23.6 Å². The first-order valence-corrected chi connectivity index (χ1v) is 5.41. The quantitative estimate of drug-likeness (QED) is 0.790. The molecule has 0 aliphatic carbocycles. The second kappa shape index (κ2) is 4.78. The van der Waals surface area contributed by atoms with Crippen molar-refractivity contribution in [3.8, 4) is 5.75 Å². The van der Waals surface area contributed by atoms with Crippen LogP contribution in [0.5, 0.6) is 5.75 Å². The molecule has 2 N–H and O–H groups in total. The Hall–Kier alpha value is -2.17. The SMILES string of the molecule is CC(C)c1ccc(O)c(/N=N/c2ncc[nH]2)c1. The standard InChI is InChI=1S/C12H14N4O/c1-8(2)9-3-4-11(17)10(7-9)15-16-12-13-5-6-14-12/h3-8,17H,1-2H3,(H,13,14)/b16-15+. The number of azo groups is 1. The van der Waals surface area contributed by atoms with Crippen molar-refractivity contribution in [3.63, 3.8) is 0 Å². The van der Waals surface area contributed by atoms with Crippen molar-refractivity contribution in [1.82, 2.24) is 9.97 Å². The Labute approximate surface area is 99.3 Å². The second-order valence-corrected chi connectivity index (χ2v) is 4.02. The Balaban J connectivity index is 2.28. The van der Waals surface area contributed by atoms with E-state index in [1.54, 1.807) is 18.5 Å². The Morgan fingerprint density at radius 1 is 1.29 bits per heavy atom. The molecule has 0 radical (unpaired) electrons. The van der Waals surface area contributed by atoms with Crippen LogP contribution in [0.1, 0.15) is 25.3 Å². The van der Waals surface area contributed by atoms with Gasteiger partial charge in [-0.15, -0.1) is 10.2 Å². The maximum absolute atomic E-state index is 9.66. The summed E-state index contributed by atoms with van der Waals surface area (Å²) in [5, 5.41) is 17.5. The molecular formula is C12H14N4O. The molecule has 0 atom stereocenters. The molecule has 0 saturated heterocycles. The fraction of sp³-hybridized carbons (Fsp3) is 0.250. The monoisotopic (exact) mass is 230 g/mol. The van der Waals surface area contributed by atoms with Crippen LogP contribution in [-0.4, -0.2) is 15.1 Å². The van der Waals surface area contributed by atoms with Crippen LogP contribution in [0.2, 0.25) is 0 Å². The lowest BCUT2D eigenvalue weighted by molar-refractivity contribution is 0.476. The molecule has 0 fully saturated rings. The number of rotatable bonds is 3. The van der Waals surface area contributed by atoms with E-state index in [2.05, 4.69) is 34.0 Å². The number of benzene rings is 1. The van der Waals surface area contributed by atoms with Crippen LogP contribution < -0.4 is 0 Å². The van der Waals surface area contributed by atoms with E-state index in [0.29, 0.717) is 17.6 Å². The predicted molar refractivity (Wildman–Crippen MR) is 65.0 cm³/mol. The molecule has 2 aromatic rings. The van der Waals surface area contributed by atoms with Gasteiger partial charge in [-0.3, -0.25) is 0 Å². The Bertz CT molecular complexity index is 517. The van der Waals surface area contributed by atoms with Crippen molar-refractivity contribution in [2.24, 2.45) is 10.2 Å². The molecule has 5 nitrogen and oxygen atoms in total. The van der Waals surface area contributed by atoms with Gasteiger partial charge in [0.05, 0.1) is 0 Å². The first-order chi connectivity index (χ1) is 8.16. The molecule has 0 amide bonds. The summed E-state index contributed by atoms with van der Waals surface area (Å²) < 4.78 is 0. The van der Waals surface area contributed by atoms with Crippen molar-refractivity contribution < 1.29 is 5.11 Å². The van der Waals surface area contributed by atoms with E-state index in [9.17, 15) is 5.11 Å². The highest BCUT2D eigenvalue weighted by Crippen LogP contribution is 2.30. The fourth-order valence-corrected chi connectivity index (χ4v) is 1.39. The lowest BCUT2D eigenvalue weighted by Gasteiger charge is -2.06. The highest BCUT2D eigenvalue weighted by molar-refractivity contribution is 5.53. The first kappa shape index (κ1) is 11.3. The van der Waals surface area contributed by atoms with Crippen molar-refractivity contribution >= 4 is 11.6 Å². The fourth-order valence-electron chi connectivity index (χ4n) is 1.39. The van der Waals surface area contributed by atoms with Crippen LogP contribution in [0.15, 0.2) is 40.8 Å². The molecule has 0 unspecified atom stereocenters. The largest absolute Gasteiger partial charge is 0.506 e. The molecule has 0 aliphatic rings. The average molecular weight is 230 g/mol. The molecule has 2 rings (SSSR count). The molecule has 1 aromatic heterocycles. The summed E-state index contributed by atoms with van der Waals surface area (Å²) in [6, 6.07) is 5.34. The molecule has 0 aliphatic heterocycles. The number of aromatic nitrogens is 2. The maximum atomic E-state index is 9.66. The lowest BCUT2D eigenvalue weighted by atomic mass is 10.0. The van der Waals surface area contributed by atoms with E-state index in [1.165, 1.54) is 0 Å². The molecule has 5 heteroatoms. The number of aromatic amines is 1. The minimum atomic E-state index is 0.115. The summed E-state index contributed by atoms with van der Waals surface area (Å²) in [4.78, 5) is 6.73. The van der Waals surface area contributed by atoms with Crippen LogP contribution >= 0.6 is 0 Å². The number of imidazole rings is 1. The Kier molecular flexibility index (Phi) is 3.18. The van der Waals surface area contributed by atoms with Gasteiger partial charge < -0.3 is 10.1 Å². The Morgan fingerprint density at radius 2 is 2.12 bits per heavy atom. The second-order valence-electron chi connectivity index (χ2n) is 4.02. The summed E-state index contributed by atoms with van der Waals surface area (Å²) in [7, 11) is 0. The third-order valence-corrected chi connectivity index (χ3v) is 2.40. The highest BCUT2D eigenvalue weighted by atomic mass is 16.3. The summed E-state index contributed by atoms with van der Waals surface area (Å²) >= 11 is 0. The van der Waals surface area contributed by atoms with Crippen LogP contribution in [0.4, 0.5) is 11.6 Å². The third-order valence-electron chi connectivity index (χ3n) is 2.40. The molecule has 17 heavy (non-hydrogen) atoms. The molecular weight excluding hydrogens is 216 g/mol. The van der Waals surface area contributed by atoms with E-state index in [0.717, 1.165) is 5.56 Å². The number of phenols is 1. The highest BCUT2D eigenvalue weighted by Gasteiger charge is 2.05. The van der Waals surface area contributed by atoms with E-state index in [4.69, 9.17) is 0 Å². The molecule has 1 heterocycles. The summed E-state index contributed by atoms with van der Waals surface area (Å²) in [5.41, 5.74) is 1.56. The van der Waals surface area contributed by atoms with Gasteiger partial charge >= 0.3 is 0 Å². The average Bonchev–Trinajstić information content (AvgIpc) is 2.80. The zero-order valence-corrected chi connectivity index (χ0v) is 9.75. The minimum absolute atomic E-state index is 0.115. The van der Waals surface area contributed by atoms with Crippen molar-refractivity contribution in [2.75, 3.05) is 0 Å². The van der Waals surface area contributed by atoms with E-state index < -0.39 is 0 Å². The smallest absolute Gasteiger partial charge is 0.246 e. The molecule has 1 aromatic carbocycles. The van der Waals surface area contributed by atoms with Gasteiger partial charge in [-0.2, -0.15) is 0 Å². The topological polar surface area (TPSA) is 73.6 Å². The normalized spacial score (nSPS) is 11.5. The van der Waals surface area contributed by atoms with Crippen molar-refractivity contribution in [3.05, 3.63) is 36.2 Å². The third kappa shape index (κ3) is 2.69. The van der Waals surface area contributed by atoms with E-state index in [1.807, 2.05) is 12.1 Å². The summed E-state index contributed by atoms with van der Waals surface area (Å²) in [6.07, 6.45) is 3.26. The maximum Gasteiger partial charge on any atom is 0.246 e. The first-order valence-electron chi connectivity index (χ1n) is 5.41. The van der Waals surface area contributed by atoms with Gasteiger partial charge in [0.25, 0.3) is 0 Å². The number of hydrogen-bond donors (Lipinski definition) is 2. The number of nitrogens with one attached hydrogen (secondary N) is 1. The van der Waals surface area contributed by atoms with Crippen molar-refractivity contribution in [2.45, 2.75) is 19.8 Å². The van der Waals surface area contributed by atoms with Crippen molar-refractivity contribution in [1.29, 1.82) is 0 Å². The number of hydrogen-bond acceptors (Lipinski definition) is 4. The summed E-state index contributed by atoms with van der Waals surface area (Å²) in [5.74, 6) is 0.914. The number of H-pyrrole nitrogens is 1. The lowest BCUT2D eigenvalue weighted by Crippen LogP contribution is -1.85. The predicted octanol–water partition coefficient (Wildman–Crippen LogP) is 3.65. The minimum Gasteiger partial charge on any atom is -0.506 e. The van der Waals surface area contributed by atoms with Gasteiger partial charge in [0.15, 0.2) is 0 Å². The molecule has 0 bridgehead atoms. The number of nitrogens with zero attached hydrogens (tertiary/aromatic N) is 3. The van der Waals surface area contributed by atoms with Crippen LogP contribution in [0.3, 0.4) is 0 Å². The van der Waals surface area contributed by atoms with Crippen LogP contribution in [-0.2, 0) is 0 Å². The Morgan fingerprint density at radius 3 is 2.76 bits per heavy atom. The van der Waals surface area contributed by atoms with Gasteiger partial charge in [-0.1, -0.05) is 19.9 Å².